The van der Waals surface area contributed by atoms with Crippen LogP contribution in [0, 0.1) is 17.8 Å². The van der Waals surface area contributed by atoms with E-state index in [4.69, 9.17) is 0 Å². The summed E-state index contributed by atoms with van der Waals surface area (Å²) in [5, 5.41) is 6.19. The van der Waals surface area contributed by atoms with Crippen molar-refractivity contribution < 1.29 is 18.0 Å². The van der Waals surface area contributed by atoms with Crippen molar-refractivity contribution in [2.45, 2.75) is 57.5 Å². The third-order valence-electron chi connectivity index (χ3n) is 5.73. The van der Waals surface area contributed by atoms with E-state index in [0.29, 0.717) is 18.5 Å². The highest BCUT2D eigenvalue weighted by Gasteiger charge is 2.43. The van der Waals surface area contributed by atoms with Crippen LogP contribution in [0.25, 0.3) is 0 Å². The normalized spacial score (nSPS) is 24.4. The molecule has 0 aromatic heterocycles. The number of nitrogens with one attached hydrogen (secondary N) is 2. The average Bonchev–Trinajstić information content (AvgIpc) is 3.14. The molecule has 1 aromatic carbocycles. The molecule has 3 nitrogen and oxygen atoms in total. The molecule has 2 saturated carbocycles. The summed E-state index contributed by atoms with van der Waals surface area (Å²) in [4.78, 5) is 12.3. The molecule has 0 spiro atoms. The molecule has 2 aliphatic rings. The molecule has 26 heavy (non-hydrogen) atoms. The Balaban J connectivity index is 1.49. The zero-order valence-electron chi connectivity index (χ0n) is 14.9. The lowest BCUT2D eigenvalue weighted by Crippen LogP contribution is -2.34. The first kappa shape index (κ1) is 19.1. The molecule has 1 aromatic rings. The maximum Gasteiger partial charge on any atom is 0.391 e. The summed E-state index contributed by atoms with van der Waals surface area (Å²) in [6.07, 6.45) is 1.99. The molecule has 2 atom stereocenters. The van der Waals surface area contributed by atoms with Gasteiger partial charge >= 0.3 is 6.18 Å². The summed E-state index contributed by atoms with van der Waals surface area (Å²) in [6.45, 7) is 0.965. The van der Waals surface area contributed by atoms with Gasteiger partial charge in [-0.3, -0.25) is 4.79 Å². The summed E-state index contributed by atoms with van der Waals surface area (Å²) in [5.41, 5.74) is 1.64. The molecule has 0 aliphatic heterocycles. The van der Waals surface area contributed by atoms with E-state index >= 15 is 0 Å². The fourth-order valence-corrected chi connectivity index (χ4v) is 4.12. The first-order valence-electron chi connectivity index (χ1n) is 9.63. The lowest BCUT2D eigenvalue weighted by atomic mass is 9.80. The second-order valence-corrected chi connectivity index (χ2v) is 7.70. The lowest BCUT2D eigenvalue weighted by Gasteiger charge is -2.29. The number of anilines is 2. The number of alkyl halides is 3. The van der Waals surface area contributed by atoms with Gasteiger partial charge in [0, 0.05) is 23.8 Å². The number of amides is 1. The third kappa shape index (κ3) is 5.15. The van der Waals surface area contributed by atoms with Crippen molar-refractivity contribution in [2.24, 2.45) is 17.8 Å². The number of carbonyl (C=O) groups is 1. The van der Waals surface area contributed by atoms with Gasteiger partial charge in [-0.1, -0.05) is 19.3 Å². The molecule has 1 amide bonds. The largest absolute Gasteiger partial charge is 0.391 e. The predicted molar refractivity (Wildman–Crippen MR) is 97.0 cm³/mol. The zero-order valence-corrected chi connectivity index (χ0v) is 14.9. The van der Waals surface area contributed by atoms with Crippen LogP contribution in [-0.4, -0.2) is 18.6 Å². The van der Waals surface area contributed by atoms with Crippen molar-refractivity contribution in [3.05, 3.63) is 24.3 Å². The van der Waals surface area contributed by atoms with E-state index in [0.717, 1.165) is 18.2 Å². The Bertz CT molecular complexity index is 594. The zero-order chi connectivity index (χ0) is 18.6. The first-order valence-corrected chi connectivity index (χ1v) is 9.63. The molecular weight excluding hydrogens is 341 g/mol. The van der Waals surface area contributed by atoms with Crippen LogP contribution in [0.4, 0.5) is 24.5 Å². The highest BCUT2D eigenvalue weighted by atomic mass is 19.4. The van der Waals surface area contributed by atoms with Crippen LogP contribution in [0.15, 0.2) is 24.3 Å². The Hall–Kier alpha value is -1.72. The molecule has 0 saturated heterocycles. The smallest absolute Gasteiger partial charge is 0.385 e. The van der Waals surface area contributed by atoms with Gasteiger partial charge in [0.05, 0.1) is 5.92 Å². The van der Waals surface area contributed by atoms with E-state index < -0.39 is 18.0 Å². The summed E-state index contributed by atoms with van der Waals surface area (Å²) in [6, 6.07) is 7.42. The maximum atomic E-state index is 12.9. The van der Waals surface area contributed by atoms with Gasteiger partial charge in [-0.05, 0) is 62.3 Å². The van der Waals surface area contributed by atoms with Crippen molar-refractivity contribution in [1.82, 2.24) is 0 Å². The Kier molecular flexibility index (Phi) is 6.09. The summed E-state index contributed by atoms with van der Waals surface area (Å²) >= 11 is 0. The number of rotatable bonds is 5. The first-order chi connectivity index (χ1) is 12.4. The van der Waals surface area contributed by atoms with Crippen molar-refractivity contribution in [3.63, 3.8) is 0 Å². The highest BCUT2D eigenvalue weighted by molar-refractivity contribution is 5.92. The van der Waals surface area contributed by atoms with Crippen molar-refractivity contribution >= 4 is 17.3 Å². The van der Waals surface area contributed by atoms with Crippen LogP contribution in [0.3, 0.4) is 0 Å². The van der Waals surface area contributed by atoms with Gasteiger partial charge in [0.2, 0.25) is 5.91 Å². The average molecular weight is 368 g/mol. The van der Waals surface area contributed by atoms with Crippen molar-refractivity contribution in [3.8, 4) is 0 Å². The van der Waals surface area contributed by atoms with E-state index in [1.54, 1.807) is 12.1 Å². The minimum Gasteiger partial charge on any atom is -0.385 e. The van der Waals surface area contributed by atoms with Gasteiger partial charge in [-0.2, -0.15) is 13.2 Å². The fourth-order valence-electron chi connectivity index (χ4n) is 4.12. The Labute approximate surface area is 152 Å². The van der Waals surface area contributed by atoms with E-state index in [2.05, 4.69) is 10.6 Å². The summed E-state index contributed by atoms with van der Waals surface area (Å²) in [7, 11) is 0. The second-order valence-electron chi connectivity index (χ2n) is 7.70. The number of hydrogen-bond donors (Lipinski definition) is 2. The minimum atomic E-state index is -4.20. The Morgan fingerprint density at radius 2 is 1.62 bits per heavy atom. The van der Waals surface area contributed by atoms with Crippen LogP contribution in [0.5, 0.6) is 0 Å². The van der Waals surface area contributed by atoms with E-state index in [1.807, 2.05) is 12.1 Å². The molecule has 2 fully saturated rings. The van der Waals surface area contributed by atoms with E-state index in [1.165, 1.54) is 25.7 Å². The van der Waals surface area contributed by atoms with Crippen LogP contribution in [-0.2, 0) is 4.79 Å². The quantitative estimate of drug-likeness (QED) is 0.711. The monoisotopic (exact) mass is 368 g/mol. The minimum absolute atomic E-state index is 0.101. The standard InChI is InChI=1S/C20H27F3N2O/c21-20(22,23)16-7-3-6-15(12-16)19(26)25-18-10-8-17(9-11-18)24-13-14-4-1-2-5-14/h8-11,14-16,24H,1-7,12-13H2,(H,25,26). The molecular formula is C20H27F3N2O. The number of carbonyl (C=O) groups excluding carboxylic acids is 1. The third-order valence-corrected chi connectivity index (χ3v) is 5.73. The number of halogens is 3. The molecule has 2 unspecified atom stereocenters. The molecule has 144 valence electrons. The SMILES string of the molecule is O=C(Nc1ccc(NCC2CCCC2)cc1)C1CCCC(C(F)(F)F)C1. The van der Waals surface area contributed by atoms with Crippen LogP contribution < -0.4 is 10.6 Å². The summed E-state index contributed by atoms with van der Waals surface area (Å²) < 4.78 is 38.7. The molecule has 3 rings (SSSR count). The van der Waals surface area contributed by atoms with Gasteiger partial charge < -0.3 is 10.6 Å². The van der Waals surface area contributed by atoms with Crippen molar-refractivity contribution in [2.75, 3.05) is 17.2 Å². The van der Waals surface area contributed by atoms with E-state index in [9.17, 15) is 18.0 Å². The number of hydrogen-bond acceptors (Lipinski definition) is 2. The van der Waals surface area contributed by atoms with Gasteiger partial charge in [-0.25, -0.2) is 0 Å². The van der Waals surface area contributed by atoms with Gasteiger partial charge in [0.1, 0.15) is 0 Å². The Morgan fingerprint density at radius 3 is 2.27 bits per heavy atom. The van der Waals surface area contributed by atoms with Gasteiger partial charge in [-0.15, -0.1) is 0 Å². The molecule has 2 N–H and O–H groups in total. The molecule has 6 heteroatoms. The highest BCUT2D eigenvalue weighted by Crippen LogP contribution is 2.40. The molecule has 0 bridgehead atoms. The predicted octanol–water partition coefficient (Wildman–Crippen LogP) is 5.60. The second kappa shape index (κ2) is 8.31. The lowest BCUT2D eigenvalue weighted by molar-refractivity contribution is -0.185. The molecule has 0 radical (unpaired) electrons. The molecule has 0 heterocycles. The number of benzene rings is 1. The van der Waals surface area contributed by atoms with Crippen molar-refractivity contribution in [1.29, 1.82) is 0 Å². The molecule has 2 aliphatic carbocycles. The van der Waals surface area contributed by atoms with Crippen LogP contribution in [0.2, 0.25) is 0 Å². The van der Waals surface area contributed by atoms with E-state index in [-0.39, 0.29) is 18.7 Å². The topological polar surface area (TPSA) is 41.1 Å². The fraction of sp³-hybridized carbons (Fsp3) is 0.650. The Morgan fingerprint density at radius 1 is 0.962 bits per heavy atom. The summed E-state index contributed by atoms with van der Waals surface area (Å²) in [5.74, 6) is -1.47. The van der Waals surface area contributed by atoms with Gasteiger partial charge in [0.15, 0.2) is 0 Å². The van der Waals surface area contributed by atoms with Crippen LogP contribution in [0.1, 0.15) is 51.4 Å². The maximum absolute atomic E-state index is 12.9. The van der Waals surface area contributed by atoms with Gasteiger partial charge in [0.25, 0.3) is 0 Å². The van der Waals surface area contributed by atoms with Crippen LogP contribution >= 0.6 is 0 Å².